The van der Waals surface area contributed by atoms with E-state index in [2.05, 4.69) is 0 Å². The van der Waals surface area contributed by atoms with E-state index in [1.165, 1.54) is 13.4 Å². The van der Waals surface area contributed by atoms with Gasteiger partial charge in [0.05, 0.1) is 13.4 Å². The van der Waals surface area contributed by atoms with E-state index in [-0.39, 0.29) is 5.57 Å². The van der Waals surface area contributed by atoms with Gasteiger partial charge in [-0.25, -0.2) is 4.79 Å². The highest BCUT2D eigenvalue weighted by molar-refractivity contribution is 6.16. The van der Waals surface area contributed by atoms with Crippen molar-refractivity contribution in [3.8, 4) is 11.5 Å². The average Bonchev–Trinajstić information content (AvgIpc) is 2.48. The Morgan fingerprint density at radius 3 is 2.43 bits per heavy atom. The summed E-state index contributed by atoms with van der Waals surface area (Å²) in [6.45, 7) is 1.87. The second-order valence-electron chi connectivity index (χ2n) is 4.44. The molecule has 108 valence electrons. The van der Waals surface area contributed by atoms with Gasteiger partial charge < -0.3 is 14.6 Å². The van der Waals surface area contributed by atoms with Crippen molar-refractivity contribution in [3.63, 3.8) is 0 Å². The lowest BCUT2D eigenvalue weighted by Gasteiger charge is -2.14. The molecule has 0 aliphatic heterocycles. The molecule has 0 heterocycles. The highest BCUT2D eigenvalue weighted by Crippen LogP contribution is 2.33. The van der Waals surface area contributed by atoms with Crippen LogP contribution in [0.1, 0.15) is 11.1 Å². The second-order valence-corrected chi connectivity index (χ2v) is 4.44. The van der Waals surface area contributed by atoms with E-state index in [4.69, 9.17) is 9.47 Å². The largest absolute Gasteiger partial charge is 0.503 e. The maximum absolute atomic E-state index is 11.4. The number of carboxylic acid groups (broad SMARTS) is 1. The van der Waals surface area contributed by atoms with Crippen molar-refractivity contribution in [1.82, 2.24) is 0 Å². The van der Waals surface area contributed by atoms with E-state index < -0.39 is 5.97 Å². The molecule has 2 aromatic rings. The average molecular weight is 284 g/mol. The number of benzene rings is 2. The van der Waals surface area contributed by atoms with Crippen molar-refractivity contribution >= 4 is 11.5 Å². The molecule has 0 bridgehead atoms. The number of carboxylic acids is 1. The van der Waals surface area contributed by atoms with Crippen LogP contribution in [-0.4, -0.2) is 18.2 Å². The van der Waals surface area contributed by atoms with Gasteiger partial charge in [-0.3, -0.25) is 0 Å². The molecule has 4 heteroatoms. The van der Waals surface area contributed by atoms with Crippen LogP contribution in [0.3, 0.4) is 0 Å². The smallest absolute Gasteiger partial charge is 0.339 e. The van der Waals surface area contributed by atoms with Gasteiger partial charge in [0.1, 0.15) is 17.1 Å². The Bertz CT molecular complexity index is 660. The van der Waals surface area contributed by atoms with Crippen LogP contribution >= 0.6 is 0 Å². The summed E-state index contributed by atoms with van der Waals surface area (Å²) in [6, 6.07) is 14.6. The van der Waals surface area contributed by atoms with Crippen molar-refractivity contribution < 1.29 is 19.4 Å². The highest BCUT2D eigenvalue weighted by atomic mass is 16.5. The number of rotatable bonds is 5. The summed E-state index contributed by atoms with van der Waals surface area (Å²) in [4.78, 5) is 11.4. The molecule has 0 atom stereocenters. The van der Waals surface area contributed by atoms with Gasteiger partial charge in [-0.15, -0.1) is 0 Å². The maximum atomic E-state index is 11.4. The van der Waals surface area contributed by atoms with Gasteiger partial charge in [-0.05, 0) is 24.6 Å². The zero-order valence-electron chi connectivity index (χ0n) is 11.9. The Morgan fingerprint density at radius 2 is 1.81 bits per heavy atom. The Balaban J connectivity index is 2.50. The van der Waals surface area contributed by atoms with Crippen molar-refractivity contribution in [3.05, 3.63) is 65.9 Å². The van der Waals surface area contributed by atoms with Crippen LogP contribution in [0.5, 0.6) is 11.5 Å². The molecule has 2 rings (SSSR count). The first-order valence-corrected chi connectivity index (χ1v) is 6.42. The Kier molecular flexibility index (Phi) is 4.61. The molecule has 0 radical (unpaired) electrons. The van der Waals surface area contributed by atoms with Gasteiger partial charge in [0, 0.05) is 5.56 Å². The fraction of sp³-hybridized carbons (Fsp3) is 0.118. The van der Waals surface area contributed by atoms with Gasteiger partial charge in [-0.1, -0.05) is 36.4 Å². The summed E-state index contributed by atoms with van der Waals surface area (Å²) in [7, 11) is 1.41. The first kappa shape index (κ1) is 14.7. The molecular formula is C17H16O4. The summed E-state index contributed by atoms with van der Waals surface area (Å²) in [5, 5.41) is 9.34. The topological polar surface area (TPSA) is 55.8 Å². The predicted molar refractivity (Wildman–Crippen MR) is 80.3 cm³/mol. The van der Waals surface area contributed by atoms with E-state index >= 15 is 0 Å². The zero-order chi connectivity index (χ0) is 15.2. The number of aliphatic carboxylic acids is 1. The third-order valence-corrected chi connectivity index (χ3v) is 2.93. The molecular weight excluding hydrogens is 268 g/mol. The van der Waals surface area contributed by atoms with Gasteiger partial charge in [0.2, 0.25) is 0 Å². The minimum atomic E-state index is -1.07. The Labute approximate surface area is 123 Å². The van der Waals surface area contributed by atoms with Gasteiger partial charge >= 0.3 is 5.97 Å². The molecule has 0 saturated carbocycles. The SMILES string of the molecule is CO/C=C(/C(=O)O)c1cccc(C)c1Oc1ccccc1. The fourth-order valence-electron chi connectivity index (χ4n) is 1.95. The van der Waals surface area contributed by atoms with Crippen LogP contribution in [0.15, 0.2) is 54.8 Å². The van der Waals surface area contributed by atoms with Crippen LogP contribution in [0, 0.1) is 6.92 Å². The molecule has 0 aliphatic carbocycles. The maximum Gasteiger partial charge on any atom is 0.339 e. The third kappa shape index (κ3) is 3.42. The zero-order valence-corrected chi connectivity index (χ0v) is 11.9. The van der Waals surface area contributed by atoms with E-state index in [9.17, 15) is 9.90 Å². The van der Waals surface area contributed by atoms with E-state index in [1.807, 2.05) is 43.3 Å². The molecule has 2 aromatic carbocycles. The van der Waals surface area contributed by atoms with Crippen molar-refractivity contribution in [2.45, 2.75) is 6.92 Å². The normalized spacial score (nSPS) is 11.0. The lowest BCUT2D eigenvalue weighted by atomic mass is 10.0. The number of carbonyl (C=O) groups is 1. The molecule has 0 unspecified atom stereocenters. The molecule has 21 heavy (non-hydrogen) atoms. The van der Waals surface area contributed by atoms with Crippen molar-refractivity contribution in [1.29, 1.82) is 0 Å². The van der Waals surface area contributed by atoms with Crippen LogP contribution < -0.4 is 4.74 Å². The number of hydrogen-bond acceptors (Lipinski definition) is 3. The lowest BCUT2D eigenvalue weighted by Crippen LogP contribution is -2.03. The molecule has 0 fully saturated rings. The lowest BCUT2D eigenvalue weighted by molar-refractivity contribution is -0.130. The van der Waals surface area contributed by atoms with Crippen molar-refractivity contribution in [2.24, 2.45) is 0 Å². The van der Waals surface area contributed by atoms with E-state index in [0.29, 0.717) is 17.1 Å². The minimum absolute atomic E-state index is 0.0483. The first-order valence-electron chi connectivity index (χ1n) is 6.42. The fourth-order valence-corrected chi connectivity index (χ4v) is 1.95. The number of para-hydroxylation sites is 2. The van der Waals surface area contributed by atoms with Crippen molar-refractivity contribution in [2.75, 3.05) is 7.11 Å². The standard InChI is InChI=1S/C17H16O4/c1-12-7-6-10-14(15(11-20-2)17(18)19)16(12)21-13-8-4-3-5-9-13/h3-11H,1-2H3,(H,18,19)/b15-11+. The van der Waals surface area contributed by atoms with E-state index in [0.717, 1.165) is 5.56 Å². The minimum Gasteiger partial charge on any atom is -0.503 e. The number of ether oxygens (including phenoxy) is 2. The molecule has 0 saturated heterocycles. The number of aryl methyl sites for hydroxylation is 1. The first-order chi connectivity index (χ1) is 10.1. The second kappa shape index (κ2) is 6.61. The summed E-state index contributed by atoms with van der Waals surface area (Å²) in [5.41, 5.74) is 1.37. The Hall–Kier alpha value is -2.75. The summed E-state index contributed by atoms with van der Waals surface area (Å²) < 4.78 is 10.7. The quantitative estimate of drug-likeness (QED) is 0.669. The Morgan fingerprint density at radius 1 is 1.10 bits per heavy atom. The molecule has 1 N–H and O–H groups in total. The van der Waals surface area contributed by atoms with Gasteiger partial charge in [-0.2, -0.15) is 0 Å². The number of methoxy groups -OCH3 is 1. The van der Waals surface area contributed by atoms with Crippen LogP contribution in [-0.2, 0) is 9.53 Å². The monoisotopic (exact) mass is 284 g/mol. The van der Waals surface area contributed by atoms with Crippen LogP contribution in [0.2, 0.25) is 0 Å². The van der Waals surface area contributed by atoms with Gasteiger partial charge in [0.25, 0.3) is 0 Å². The van der Waals surface area contributed by atoms with E-state index in [1.54, 1.807) is 12.1 Å². The molecule has 0 spiro atoms. The molecule has 4 nitrogen and oxygen atoms in total. The third-order valence-electron chi connectivity index (χ3n) is 2.93. The summed E-state index contributed by atoms with van der Waals surface area (Å²) in [6.07, 6.45) is 1.20. The molecule has 0 aromatic heterocycles. The summed E-state index contributed by atoms with van der Waals surface area (Å²) >= 11 is 0. The number of hydrogen-bond donors (Lipinski definition) is 1. The molecule has 0 amide bonds. The van der Waals surface area contributed by atoms with Crippen LogP contribution in [0.4, 0.5) is 0 Å². The highest BCUT2D eigenvalue weighted by Gasteiger charge is 2.18. The molecule has 0 aliphatic rings. The predicted octanol–water partition coefficient (Wildman–Crippen LogP) is 3.86. The summed E-state index contributed by atoms with van der Waals surface area (Å²) in [5.74, 6) is 0.0879. The van der Waals surface area contributed by atoms with Crippen LogP contribution in [0.25, 0.3) is 5.57 Å². The van der Waals surface area contributed by atoms with Gasteiger partial charge in [0.15, 0.2) is 0 Å².